The third-order valence-electron chi connectivity index (χ3n) is 3.02. The molecule has 0 aromatic rings. The summed E-state index contributed by atoms with van der Waals surface area (Å²) in [6, 6.07) is 0. The highest BCUT2D eigenvalue weighted by atomic mass is 16.5. The minimum atomic E-state index is 0.205. The summed E-state index contributed by atoms with van der Waals surface area (Å²) in [6.45, 7) is 15.4. The van der Waals surface area contributed by atoms with Gasteiger partial charge in [0.25, 0.3) is 0 Å². The number of ether oxygens (including phenoxy) is 1. The van der Waals surface area contributed by atoms with Crippen molar-refractivity contribution in [2.24, 2.45) is 0 Å². The topological polar surface area (TPSA) is 24.5 Å². The molecule has 0 aromatic heterocycles. The summed E-state index contributed by atoms with van der Waals surface area (Å²) in [5, 5.41) is 3.37. The predicted molar refractivity (Wildman–Crippen MR) is 68.7 cm³/mol. The SMILES string of the molecule is C=CCN(CCC1CNCCO1)C(C)(C)C. The fourth-order valence-corrected chi connectivity index (χ4v) is 1.96. The van der Waals surface area contributed by atoms with E-state index in [0.717, 1.165) is 39.2 Å². The molecule has 3 nitrogen and oxygen atoms in total. The molecule has 1 aliphatic heterocycles. The molecule has 94 valence electrons. The van der Waals surface area contributed by atoms with Crippen molar-refractivity contribution in [3.05, 3.63) is 12.7 Å². The Hall–Kier alpha value is -0.380. The summed E-state index contributed by atoms with van der Waals surface area (Å²) in [7, 11) is 0. The molecule has 1 saturated heterocycles. The van der Waals surface area contributed by atoms with Crippen LogP contribution in [0, 0.1) is 0 Å². The molecule has 16 heavy (non-hydrogen) atoms. The average molecular weight is 226 g/mol. The number of nitrogens with one attached hydrogen (secondary N) is 1. The Morgan fingerprint density at radius 1 is 1.50 bits per heavy atom. The Morgan fingerprint density at radius 2 is 2.25 bits per heavy atom. The highest BCUT2D eigenvalue weighted by molar-refractivity contribution is 4.83. The van der Waals surface area contributed by atoms with Crippen LogP contribution in [0.2, 0.25) is 0 Å². The highest BCUT2D eigenvalue weighted by Gasteiger charge is 2.22. The lowest BCUT2D eigenvalue weighted by Crippen LogP contribution is -2.45. The monoisotopic (exact) mass is 226 g/mol. The summed E-state index contributed by atoms with van der Waals surface area (Å²) in [4.78, 5) is 2.44. The van der Waals surface area contributed by atoms with Gasteiger partial charge < -0.3 is 10.1 Å². The lowest BCUT2D eigenvalue weighted by atomic mass is 10.0. The van der Waals surface area contributed by atoms with Gasteiger partial charge >= 0.3 is 0 Å². The summed E-state index contributed by atoms with van der Waals surface area (Å²) in [5.41, 5.74) is 0.205. The van der Waals surface area contributed by atoms with Gasteiger partial charge in [-0.05, 0) is 27.2 Å². The molecule has 0 radical (unpaired) electrons. The smallest absolute Gasteiger partial charge is 0.0712 e. The molecule has 0 spiro atoms. The first kappa shape index (κ1) is 13.7. The molecule has 1 atom stereocenters. The maximum atomic E-state index is 5.70. The average Bonchev–Trinajstić information content (AvgIpc) is 2.24. The zero-order chi connectivity index (χ0) is 12.0. The minimum Gasteiger partial charge on any atom is -0.376 e. The van der Waals surface area contributed by atoms with Gasteiger partial charge in [0.15, 0.2) is 0 Å². The third-order valence-corrected chi connectivity index (χ3v) is 3.02. The zero-order valence-electron chi connectivity index (χ0n) is 11.0. The zero-order valence-corrected chi connectivity index (χ0v) is 11.0. The molecule has 0 amide bonds. The highest BCUT2D eigenvalue weighted by Crippen LogP contribution is 2.14. The van der Waals surface area contributed by atoms with Crippen LogP contribution in [0.4, 0.5) is 0 Å². The van der Waals surface area contributed by atoms with E-state index in [-0.39, 0.29) is 5.54 Å². The van der Waals surface area contributed by atoms with Gasteiger partial charge in [-0.2, -0.15) is 0 Å². The second-order valence-corrected chi connectivity index (χ2v) is 5.39. The molecule has 1 heterocycles. The van der Waals surface area contributed by atoms with Crippen LogP contribution in [0.5, 0.6) is 0 Å². The molecule has 0 aliphatic carbocycles. The van der Waals surface area contributed by atoms with Gasteiger partial charge in [0.2, 0.25) is 0 Å². The van der Waals surface area contributed by atoms with Gasteiger partial charge in [-0.15, -0.1) is 6.58 Å². The van der Waals surface area contributed by atoms with Crippen molar-refractivity contribution in [2.45, 2.75) is 38.8 Å². The second kappa shape index (κ2) is 6.38. The van der Waals surface area contributed by atoms with E-state index < -0.39 is 0 Å². The van der Waals surface area contributed by atoms with E-state index in [1.807, 2.05) is 6.08 Å². The number of nitrogens with zero attached hydrogens (tertiary/aromatic N) is 1. The standard InChI is InChI=1S/C13H26N2O/c1-5-8-15(13(2,3)4)9-6-12-11-14-7-10-16-12/h5,12,14H,1,6-11H2,2-4H3. The molecule has 0 aromatic carbocycles. The first-order valence-corrected chi connectivity index (χ1v) is 6.22. The van der Waals surface area contributed by atoms with Crippen molar-refractivity contribution < 1.29 is 4.74 Å². The Balaban J connectivity index is 2.33. The van der Waals surface area contributed by atoms with Crippen LogP contribution >= 0.6 is 0 Å². The van der Waals surface area contributed by atoms with Gasteiger partial charge in [0.05, 0.1) is 12.7 Å². The summed E-state index contributed by atoms with van der Waals surface area (Å²) in [6.07, 6.45) is 3.45. The Labute approximate surface area is 99.8 Å². The largest absolute Gasteiger partial charge is 0.376 e. The first-order chi connectivity index (χ1) is 7.54. The van der Waals surface area contributed by atoms with Gasteiger partial charge in [0, 0.05) is 31.7 Å². The van der Waals surface area contributed by atoms with Crippen LogP contribution in [-0.2, 0) is 4.74 Å². The lowest BCUT2D eigenvalue weighted by molar-refractivity contribution is 0.0117. The fourth-order valence-electron chi connectivity index (χ4n) is 1.96. The van der Waals surface area contributed by atoms with Crippen LogP contribution in [0.25, 0.3) is 0 Å². The van der Waals surface area contributed by atoms with Crippen molar-refractivity contribution in [3.63, 3.8) is 0 Å². The van der Waals surface area contributed by atoms with E-state index in [1.165, 1.54) is 0 Å². The Morgan fingerprint density at radius 3 is 2.75 bits per heavy atom. The summed E-state index contributed by atoms with van der Waals surface area (Å²) >= 11 is 0. The Bertz CT molecular complexity index is 204. The van der Waals surface area contributed by atoms with E-state index >= 15 is 0 Å². The van der Waals surface area contributed by atoms with Crippen LogP contribution in [0.3, 0.4) is 0 Å². The minimum absolute atomic E-state index is 0.205. The lowest BCUT2D eigenvalue weighted by Gasteiger charge is -2.36. The fraction of sp³-hybridized carbons (Fsp3) is 0.846. The van der Waals surface area contributed by atoms with Gasteiger partial charge in [-0.3, -0.25) is 4.90 Å². The molecule has 1 unspecified atom stereocenters. The van der Waals surface area contributed by atoms with Crippen molar-refractivity contribution in [1.82, 2.24) is 10.2 Å². The molecule has 0 saturated carbocycles. The van der Waals surface area contributed by atoms with E-state index in [9.17, 15) is 0 Å². The molecule has 1 fully saturated rings. The molecular formula is C13H26N2O. The molecule has 1 aliphatic rings. The summed E-state index contributed by atoms with van der Waals surface area (Å²) in [5.74, 6) is 0. The van der Waals surface area contributed by atoms with Gasteiger partial charge in [-0.1, -0.05) is 6.08 Å². The van der Waals surface area contributed by atoms with Crippen LogP contribution < -0.4 is 5.32 Å². The van der Waals surface area contributed by atoms with E-state index in [1.54, 1.807) is 0 Å². The predicted octanol–water partition coefficient (Wildman–Crippen LogP) is 1.65. The Kier molecular flexibility index (Phi) is 5.46. The van der Waals surface area contributed by atoms with Crippen molar-refractivity contribution >= 4 is 0 Å². The van der Waals surface area contributed by atoms with Crippen LogP contribution in [-0.4, -0.2) is 49.3 Å². The maximum absolute atomic E-state index is 5.70. The molecular weight excluding hydrogens is 200 g/mol. The summed E-state index contributed by atoms with van der Waals surface area (Å²) < 4.78 is 5.70. The van der Waals surface area contributed by atoms with Crippen molar-refractivity contribution in [3.8, 4) is 0 Å². The maximum Gasteiger partial charge on any atom is 0.0712 e. The van der Waals surface area contributed by atoms with Crippen molar-refractivity contribution in [2.75, 3.05) is 32.8 Å². The van der Waals surface area contributed by atoms with E-state index in [4.69, 9.17) is 4.74 Å². The number of rotatable bonds is 5. The number of hydrogen-bond donors (Lipinski definition) is 1. The molecule has 0 bridgehead atoms. The van der Waals surface area contributed by atoms with Gasteiger partial charge in [-0.25, -0.2) is 0 Å². The molecule has 1 N–H and O–H groups in total. The molecule has 1 rings (SSSR count). The van der Waals surface area contributed by atoms with Crippen LogP contribution in [0.1, 0.15) is 27.2 Å². The second-order valence-electron chi connectivity index (χ2n) is 5.39. The van der Waals surface area contributed by atoms with Crippen LogP contribution in [0.15, 0.2) is 12.7 Å². The van der Waals surface area contributed by atoms with E-state index in [0.29, 0.717) is 6.10 Å². The van der Waals surface area contributed by atoms with Gasteiger partial charge in [0.1, 0.15) is 0 Å². The number of hydrogen-bond acceptors (Lipinski definition) is 3. The first-order valence-electron chi connectivity index (χ1n) is 6.22. The number of morpholine rings is 1. The van der Waals surface area contributed by atoms with Crippen molar-refractivity contribution in [1.29, 1.82) is 0 Å². The van der Waals surface area contributed by atoms with E-state index in [2.05, 4.69) is 37.6 Å². The third kappa shape index (κ3) is 4.64. The normalized spacial score (nSPS) is 22.4. The quantitative estimate of drug-likeness (QED) is 0.721. The molecule has 3 heteroatoms.